The lowest BCUT2D eigenvalue weighted by molar-refractivity contribution is 0.0679. The fourth-order valence-corrected chi connectivity index (χ4v) is 2.77. The molecule has 7 nitrogen and oxygen atoms in total. The second kappa shape index (κ2) is 8.22. The second-order valence-electron chi connectivity index (χ2n) is 6.15. The van der Waals surface area contributed by atoms with Crippen molar-refractivity contribution in [3.63, 3.8) is 0 Å². The number of aromatic nitrogens is 4. The lowest BCUT2D eigenvalue weighted by Crippen LogP contribution is -2.30. The zero-order chi connectivity index (χ0) is 19.2. The highest BCUT2D eigenvalue weighted by Gasteiger charge is 2.23. The predicted molar refractivity (Wildman–Crippen MR) is 102 cm³/mol. The van der Waals surface area contributed by atoms with Crippen LogP contribution in [0.25, 0.3) is 11.5 Å². The van der Waals surface area contributed by atoms with Crippen LogP contribution in [0.4, 0.5) is 0 Å². The average molecular weight is 371 g/mol. The molecule has 4 rings (SSSR count). The summed E-state index contributed by atoms with van der Waals surface area (Å²) in [6.07, 6.45) is 4.60. The van der Waals surface area contributed by atoms with Crippen molar-refractivity contribution in [2.75, 3.05) is 0 Å². The van der Waals surface area contributed by atoms with Gasteiger partial charge in [0.15, 0.2) is 0 Å². The molecule has 0 aliphatic rings. The van der Waals surface area contributed by atoms with E-state index in [-0.39, 0.29) is 17.6 Å². The molecule has 0 unspecified atom stereocenters. The number of benzene rings is 2. The van der Waals surface area contributed by atoms with E-state index in [1.54, 1.807) is 11.1 Å². The van der Waals surface area contributed by atoms with Gasteiger partial charge in [-0.25, -0.2) is 4.98 Å². The van der Waals surface area contributed by atoms with Crippen molar-refractivity contribution >= 4 is 5.91 Å². The summed E-state index contributed by atoms with van der Waals surface area (Å²) in [4.78, 5) is 27.1. The van der Waals surface area contributed by atoms with E-state index in [1.165, 1.54) is 12.4 Å². The number of carbonyl (C=O) groups is 1. The monoisotopic (exact) mass is 371 g/mol. The van der Waals surface area contributed by atoms with Gasteiger partial charge in [0.2, 0.25) is 5.82 Å². The van der Waals surface area contributed by atoms with Gasteiger partial charge in [0.25, 0.3) is 0 Å². The number of hydrogen-bond acceptors (Lipinski definition) is 6. The van der Waals surface area contributed by atoms with Crippen molar-refractivity contribution in [1.82, 2.24) is 25.0 Å². The maximum atomic E-state index is 13.1. The molecule has 0 spiro atoms. The predicted octanol–water partition coefficient (Wildman–Crippen LogP) is 3.37. The number of nitrogens with zero attached hydrogens (tertiary/aromatic N) is 5. The molecule has 0 fully saturated rings. The molecule has 28 heavy (non-hydrogen) atoms. The molecule has 0 aliphatic carbocycles. The summed E-state index contributed by atoms with van der Waals surface area (Å²) in [5.74, 6) is -0.182. The summed E-state index contributed by atoms with van der Waals surface area (Å²) < 4.78 is 5.22. The molecule has 0 bridgehead atoms. The molecule has 2 aromatic heterocycles. The number of amides is 1. The van der Waals surface area contributed by atoms with Crippen LogP contribution in [-0.4, -0.2) is 30.9 Å². The third kappa shape index (κ3) is 4.09. The topological polar surface area (TPSA) is 85.0 Å². The molecule has 1 amide bonds. The van der Waals surface area contributed by atoms with E-state index in [4.69, 9.17) is 4.52 Å². The maximum Gasteiger partial charge on any atom is 0.316 e. The van der Waals surface area contributed by atoms with Crippen molar-refractivity contribution in [2.24, 2.45) is 0 Å². The first-order valence-corrected chi connectivity index (χ1v) is 8.77. The Labute approximate surface area is 161 Å². The molecule has 0 radical (unpaired) electrons. The summed E-state index contributed by atoms with van der Waals surface area (Å²) in [6.45, 7) is 0.856. The molecule has 0 atom stereocenters. The van der Waals surface area contributed by atoms with Gasteiger partial charge in [0, 0.05) is 25.5 Å². The van der Waals surface area contributed by atoms with Gasteiger partial charge in [-0.3, -0.25) is 9.78 Å². The molecule has 7 heteroatoms. The lowest BCUT2D eigenvalue weighted by atomic mass is 10.1. The fourth-order valence-electron chi connectivity index (χ4n) is 2.77. The van der Waals surface area contributed by atoms with Crippen LogP contribution in [0, 0.1) is 0 Å². The van der Waals surface area contributed by atoms with E-state index in [2.05, 4.69) is 20.1 Å². The van der Waals surface area contributed by atoms with Crippen molar-refractivity contribution in [1.29, 1.82) is 0 Å². The Bertz CT molecular complexity index is 995. The van der Waals surface area contributed by atoms with E-state index >= 15 is 0 Å². The van der Waals surface area contributed by atoms with E-state index in [0.717, 1.165) is 11.1 Å². The SMILES string of the molecule is O=C(c1nc(-c2cnccn2)no1)N(Cc1ccccc1)Cc1ccccc1. The Morgan fingerprint density at radius 1 is 0.893 bits per heavy atom. The van der Waals surface area contributed by atoms with E-state index in [0.29, 0.717) is 18.8 Å². The van der Waals surface area contributed by atoms with E-state index in [1.807, 2.05) is 60.7 Å². The van der Waals surface area contributed by atoms with Gasteiger partial charge in [0.05, 0.1) is 6.20 Å². The lowest BCUT2D eigenvalue weighted by Gasteiger charge is -2.21. The summed E-state index contributed by atoms with van der Waals surface area (Å²) in [5.41, 5.74) is 2.48. The number of rotatable bonds is 6. The van der Waals surface area contributed by atoms with Crippen molar-refractivity contribution < 1.29 is 9.32 Å². The average Bonchev–Trinajstić information content (AvgIpc) is 3.25. The molecule has 0 saturated carbocycles. The van der Waals surface area contributed by atoms with Crippen LogP contribution in [-0.2, 0) is 13.1 Å². The summed E-state index contributed by atoms with van der Waals surface area (Å²) in [6, 6.07) is 19.6. The van der Waals surface area contributed by atoms with Crippen molar-refractivity contribution in [3.8, 4) is 11.5 Å². The molecule has 2 heterocycles. The van der Waals surface area contributed by atoms with Crippen LogP contribution in [0.3, 0.4) is 0 Å². The Hall–Kier alpha value is -3.87. The Morgan fingerprint density at radius 2 is 1.54 bits per heavy atom. The first-order chi connectivity index (χ1) is 13.8. The normalized spacial score (nSPS) is 10.6. The molecule has 0 N–H and O–H groups in total. The van der Waals surface area contributed by atoms with Crippen LogP contribution >= 0.6 is 0 Å². The van der Waals surface area contributed by atoms with Gasteiger partial charge in [-0.15, -0.1) is 0 Å². The molecule has 0 saturated heterocycles. The van der Waals surface area contributed by atoms with E-state index < -0.39 is 0 Å². The van der Waals surface area contributed by atoms with Crippen LogP contribution in [0.1, 0.15) is 21.8 Å². The third-order valence-corrected chi connectivity index (χ3v) is 4.12. The van der Waals surface area contributed by atoms with Crippen LogP contribution in [0.2, 0.25) is 0 Å². The Balaban J connectivity index is 1.60. The zero-order valence-corrected chi connectivity index (χ0v) is 15.0. The molecular formula is C21H17N5O2. The van der Waals surface area contributed by atoms with Crippen LogP contribution in [0.15, 0.2) is 83.8 Å². The highest BCUT2D eigenvalue weighted by molar-refractivity contribution is 5.89. The Morgan fingerprint density at radius 3 is 2.11 bits per heavy atom. The van der Waals surface area contributed by atoms with Crippen molar-refractivity contribution in [3.05, 3.63) is 96.3 Å². The van der Waals surface area contributed by atoms with E-state index in [9.17, 15) is 4.79 Å². The van der Waals surface area contributed by atoms with Gasteiger partial charge in [-0.05, 0) is 11.1 Å². The van der Waals surface area contributed by atoms with Gasteiger partial charge >= 0.3 is 11.8 Å². The van der Waals surface area contributed by atoms with Crippen LogP contribution < -0.4 is 0 Å². The summed E-state index contributed by atoms with van der Waals surface area (Å²) in [7, 11) is 0. The second-order valence-corrected chi connectivity index (χ2v) is 6.15. The van der Waals surface area contributed by atoms with Gasteiger partial charge < -0.3 is 9.42 Å². The molecule has 0 aliphatic heterocycles. The molecule has 4 aromatic rings. The van der Waals surface area contributed by atoms with Gasteiger partial charge in [-0.2, -0.15) is 4.98 Å². The Kier molecular flexibility index (Phi) is 5.15. The first-order valence-electron chi connectivity index (χ1n) is 8.77. The maximum absolute atomic E-state index is 13.1. The molecule has 138 valence electrons. The quantitative estimate of drug-likeness (QED) is 0.517. The molecule has 2 aromatic carbocycles. The minimum atomic E-state index is -0.338. The van der Waals surface area contributed by atoms with Gasteiger partial charge in [-0.1, -0.05) is 65.8 Å². The minimum absolute atomic E-state index is 0.0764. The standard InChI is InChI=1S/C21H17N5O2/c27-21(20-24-19(25-28-20)18-13-22-11-12-23-18)26(14-16-7-3-1-4-8-16)15-17-9-5-2-6-10-17/h1-13H,14-15H2. The first kappa shape index (κ1) is 17.5. The fraction of sp³-hybridized carbons (Fsp3) is 0.0952. The number of carbonyl (C=O) groups excluding carboxylic acids is 1. The summed E-state index contributed by atoms with van der Waals surface area (Å²) >= 11 is 0. The van der Waals surface area contributed by atoms with Gasteiger partial charge in [0.1, 0.15) is 5.69 Å². The summed E-state index contributed by atoms with van der Waals surface area (Å²) in [5, 5.41) is 3.87. The third-order valence-electron chi connectivity index (χ3n) is 4.12. The zero-order valence-electron chi connectivity index (χ0n) is 15.0. The van der Waals surface area contributed by atoms with Crippen LogP contribution in [0.5, 0.6) is 0 Å². The molecular weight excluding hydrogens is 354 g/mol. The highest BCUT2D eigenvalue weighted by atomic mass is 16.5. The smallest absolute Gasteiger partial charge is 0.316 e. The largest absolute Gasteiger partial charge is 0.328 e. The minimum Gasteiger partial charge on any atom is -0.328 e. The van der Waals surface area contributed by atoms with Crippen molar-refractivity contribution in [2.45, 2.75) is 13.1 Å². The number of hydrogen-bond donors (Lipinski definition) is 0. The highest BCUT2D eigenvalue weighted by Crippen LogP contribution is 2.16.